The fourth-order valence-corrected chi connectivity index (χ4v) is 3.85. The van der Waals surface area contributed by atoms with Gasteiger partial charge in [0, 0.05) is 0 Å². The molecule has 0 heterocycles. The third kappa shape index (κ3) is 2.70. The topological polar surface area (TPSA) is 51.2 Å². The maximum atomic E-state index is 12.2. The molecule has 0 N–H and O–H groups in total. The van der Waals surface area contributed by atoms with Crippen LogP contribution in [0.3, 0.4) is 0 Å². The smallest absolute Gasteiger partial charge is 0.182 e. The van der Waals surface area contributed by atoms with Crippen LogP contribution in [0.1, 0.15) is 26.2 Å². The van der Waals surface area contributed by atoms with Crippen molar-refractivity contribution in [2.75, 3.05) is 5.75 Å². The summed E-state index contributed by atoms with van der Waals surface area (Å²) < 4.78 is 24.4. The molecule has 0 unspecified atom stereocenters. The van der Waals surface area contributed by atoms with E-state index in [-0.39, 0.29) is 11.5 Å². The SMILES string of the molecule is CC(=O)C1=C(CS(=O)(=O)c2ccccc2)CCC1. The first-order valence-electron chi connectivity index (χ1n) is 6.00. The number of Topliss-reactive ketones (excluding diaryl/α,β-unsaturated/α-hetero) is 1. The second kappa shape index (κ2) is 5.06. The third-order valence-electron chi connectivity index (χ3n) is 3.22. The number of benzene rings is 1. The fraction of sp³-hybridized carbons (Fsp3) is 0.357. The van der Waals surface area contributed by atoms with E-state index in [1.165, 1.54) is 6.92 Å². The molecule has 96 valence electrons. The second-order valence-corrected chi connectivity index (χ2v) is 6.55. The van der Waals surface area contributed by atoms with Gasteiger partial charge in [-0.05, 0) is 49.5 Å². The molecular formula is C14H16O3S. The Morgan fingerprint density at radius 3 is 2.44 bits per heavy atom. The normalized spacial score (nSPS) is 16.1. The molecule has 0 fully saturated rings. The minimum atomic E-state index is -3.32. The molecule has 2 rings (SSSR count). The number of rotatable bonds is 4. The molecule has 0 spiro atoms. The second-order valence-electron chi connectivity index (χ2n) is 4.56. The van der Waals surface area contributed by atoms with Crippen LogP contribution in [-0.4, -0.2) is 20.0 Å². The lowest BCUT2D eigenvalue weighted by Gasteiger charge is -2.07. The predicted molar refractivity (Wildman–Crippen MR) is 70.1 cm³/mol. The quantitative estimate of drug-likeness (QED) is 0.839. The molecule has 0 atom stereocenters. The molecule has 1 aliphatic rings. The molecule has 0 saturated carbocycles. The van der Waals surface area contributed by atoms with E-state index in [1.54, 1.807) is 30.3 Å². The number of hydrogen-bond donors (Lipinski definition) is 0. The zero-order chi connectivity index (χ0) is 13.2. The van der Waals surface area contributed by atoms with Crippen molar-refractivity contribution in [3.8, 4) is 0 Å². The maximum absolute atomic E-state index is 12.2. The standard InChI is InChI=1S/C14H16O3S/c1-11(15)14-9-5-6-12(14)10-18(16,17)13-7-3-2-4-8-13/h2-4,7-8H,5-6,9-10H2,1H3. The van der Waals surface area contributed by atoms with Crippen molar-refractivity contribution in [1.82, 2.24) is 0 Å². The van der Waals surface area contributed by atoms with Gasteiger partial charge in [0.05, 0.1) is 10.6 Å². The van der Waals surface area contributed by atoms with E-state index in [0.29, 0.717) is 4.90 Å². The van der Waals surface area contributed by atoms with Crippen LogP contribution in [0, 0.1) is 0 Å². The van der Waals surface area contributed by atoms with Gasteiger partial charge in [0.2, 0.25) is 0 Å². The number of hydrogen-bond acceptors (Lipinski definition) is 3. The van der Waals surface area contributed by atoms with Crippen LogP contribution < -0.4 is 0 Å². The summed E-state index contributed by atoms with van der Waals surface area (Å²) in [5.41, 5.74) is 1.51. The highest BCUT2D eigenvalue weighted by atomic mass is 32.2. The molecule has 0 aromatic heterocycles. The monoisotopic (exact) mass is 264 g/mol. The van der Waals surface area contributed by atoms with Gasteiger partial charge in [-0.25, -0.2) is 8.42 Å². The number of sulfone groups is 1. The number of carbonyl (C=O) groups is 1. The first kappa shape index (κ1) is 13.0. The molecule has 3 nitrogen and oxygen atoms in total. The molecule has 0 bridgehead atoms. The highest BCUT2D eigenvalue weighted by Crippen LogP contribution is 2.29. The fourth-order valence-electron chi connectivity index (χ4n) is 2.33. The van der Waals surface area contributed by atoms with Crippen molar-refractivity contribution in [2.45, 2.75) is 31.1 Å². The van der Waals surface area contributed by atoms with Crippen LogP contribution in [-0.2, 0) is 14.6 Å². The highest BCUT2D eigenvalue weighted by Gasteiger charge is 2.23. The Bertz CT molecular complexity index is 583. The Labute approximate surface area is 107 Å². The molecule has 1 aliphatic carbocycles. The summed E-state index contributed by atoms with van der Waals surface area (Å²) in [4.78, 5) is 11.8. The number of carbonyl (C=O) groups excluding carboxylic acids is 1. The molecule has 18 heavy (non-hydrogen) atoms. The van der Waals surface area contributed by atoms with Gasteiger partial charge in [-0.15, -0.1) is 0 Å². The molecule has 0 saturated heterocycles. The predicted octanol–water partition coefficient (Wildman–Crippen LogP) is 2.53. The van der Waals surface area contributed by atoms with E-state index in [0.717, 1.165) is 30.4 Å². The van der Waals surface area contributed by atoms with Crippen molar-refractivity contribution in [2.24, 2.45) is 0 Å². The van der Waals surface area contributed by atoms with Crippen molar-refractivity contribution in [3.05, 3.63) is 41.5 Å². The van der Waals surface area contributed by atoms with E-state index in [9.17, 15) is 13.2 Å². The lowest BCUT2D eigenvalue weighted by molar-refractivity contribution is -0.113. The Kier molecular flexibility index (Phi) is 3.66. The highest BCUT2D eigenvalue weighted by molar-refractivity contribution is 7.91. The number of ketones is 1. The van der Waals surface area contributed by atoms with Gasteiger partial charge < -0.3 is 0 Å². The van der Waals surface area contributed by atoms with Gasteiger partial charge in [0.25, 0.3) is 0 Å². The lowest BCUT2D eigenvalue weighted by Crippen LogP contribution is -2.10. The van der Waals surface area contributed by atoms with Gasteiger partial charge in [0.1, 0.15) is 0 Å². The Balaban J connectivity index is 2.30. The van der Waals surface area contributed by atoms with E-state index in [2.05, 4.69) is 0 Å². The molecule has 0 amide bonds. The van der Waals surface area contributed by atoms with E-state index >= 15 is 0 Å². The summed E-state index contributed by atoms with van der Waals surface area (Å²) in [5, 5.41) is 0. The van der Waals surface area contributed by atoms with Gasteiger partial charge >= 0.3 is 0 Å². The van der Waals surface area contributed by atoms with Gasteiger partial charge in [-0.3, -0.25) is 4.79 Å². The van der Waals surface area contributed by atoms with Crippen molar-refractivity contribution >= 4 is 15.6 Å². The molecule has 1 aromatic carbocycles. The summed E-state index contributed by atoms with van der Waals surface area (Å²) in [5.74, 6) is -0.0166. The third-order valence-corrected chi connectivity index (χ3v) is 4.94. The zero-order valence-corrected chi connectivity index (χ0v) is 11.2. The largest absolute Gasteiger partial charge is 0.295 e. The van der Waals surface area contributed by atoms with Crippen LogP contribution in [0.4, 0.5) is 0 Å². The van der Waals surface area contributed by atoms with Gasteiger partial charge in [-0.2, -0.15) is 0 Å². The van der Waals surface area contributed by atoms with Crippen LogP contribution in [0.5, 0.6) is 0 Å². The number of allylic oxidation sites excluding steroid dienone is 1. The minimum Gasteiger partial charge on any atom is -0.295 e. The molecule has 4 heteroatoms. The average molecular weight is 264 g/mol. The average Bonchev–Trinajstić information content (AvgIpc) is 2.78. The van der Waals surface area contributed by atoms with Crippen LogP contribution >= 0.6 is 0 Å². The molecule has 0 aliphatic heterocycles. The van der Waals surface area contributed by atoms with E-state index in [4.69, 9.17) is 0 Å². The Hall–Kier alpha value is -1.42. The van der Waals surface area contributed by atoms with Crippen LogP contribution in [0.15, 0.2) is 46.4 Å². The van der Waals surface area contributed by atoms with Crippen molar-refractivity contribution in [3.63, 3.8) is 0 Å². The van der Waals surface area contributed by atoms with Crippen molar-refractivity contribution in [1.29, 1.82) is 0 Å². The summed E-state index contributed by atoms with van der Waals surface area (Å²) in [7, 11) is -3.32. The summed E-state index contributed by atoms with van der Waals surface area (Å²) in [6, 6.07) is 8.40. The summed E-state index contributed by atoms with van der Waals surface area (Å²) >= 11 is 0. The lowest BCUT2D eigenvalue weighted by atomic mass is 10.1. The summed E-state index contributed by atoms with van der Waals surface area (Å²) in [6.45, 7) is 1.51. The minimum absolute atomic E-state index is 0.00533. The summed E-state index contributed by atoms with van der Waals surface area (Å²) in [6.07, 6.45) is 2.32. The zero-order valence-electron chi connectivity index (χ0n) is 10.3. The van der Waals surface area contributed by atoms with Crippen LogP contribution in [0.2, 0.25) is 0 Å². The van der Waals surface area contributed by atoms with E-state index < -0.39 is 9.84 Å². The Morgan fingerprint density at radius 2 is 1.83 bits per heavy atom. The molecule has 0 radical (unpaired) electrons. The van der Waals surface area contributed by atoms with Crippen LogP contribution in [0.25, 0.3) is 0 Å². The molecule has 1 aromatic rings. The van der Waals surface area contributed by atoms with E-state index in [1.807, 2.05) is 0 Å². The molecular weight excluding hydrogens is 248 g/mol. The first-order valence-corrected chi connectivity index (χ1v) is 7.65. The van der Waals surface area contributed by atoms with Crippen molar-refractivity contribution < 1.29 is 13.2 Å². The maximum Gasteiger partial charge on any atom is 0.182 e. The van der Waals surface area contributed by atoms with Gasteiger partial charge in [0.15, 0.2) is 15.6 Å². The first-order chi connectivity index (χ1) is 8.50. The van der Waals surface area contributed by atoms with Gasteiger partial charge in [-0.1, -0.05) is 18.2 Å². The Morgan fingerprint density at radius 1 is 1.17 bits per heavy atom.